The smallest absolute Gasteiger partial charge is 0.128 e. The molecule has 0 bridgehead atoms. The van der Waals surface area contributed by atoms with Crippen molar-refractivity contribution in [2.45, 2.75) is 6.92 Å². The highest BCUT2D eigenvalue weighted by molar-refractivity contribution is 5.52. The Hall–Kier alpha value is -2.23. The van der Waals surface area contributed by atoms with Gasteiger partial charge in [-0.1, -0.05) is 12.1 Å². The third kappa shape index (κ3) is 3.10. The number of methoxy groups -OCH3 is 1. The van der Waals surface area contributed by atoms with Crippen molar-refractivity contribution >= 4 is 11.5 Å². The first kappa shape index (κ1) is 13.7. The van der Waals surface area contributed by atoms with E-state index in [0.717, 1.165) is 43.4 Å². The number of benzene rings is 1. The number of nitrogens with zero attached hydrogens (tertiary/aromatic N) is 3. The van der Waals surface area contributed by atoms with Gasteiger partial charge in [0.2, 0.25) is 0 Å². The monoisotopic (exact) mass is 283 g/mol. The Morgan fingerprint density at radius 1 is 0.952 bits per heavy atom. The lowest BCUT2D eigenvalue weighted by molar-refractivity contribution is 0.414. The molecule has 1 aromatic heterocycles. The second-order valence-corrected chi connectivity index (χ2v) is 5.31. The molecule has 1 fully saturated rings. The van der Waals surface area contributed by atoms with Crippen LogP contribution in [0.4, 0.5) is 11.5 Å². The Morgan fingerprint density at radius 3 is 2.38 bits per heavy atom. The third-order valence-corrected chi connectivity index (χ3v) is 3.90. The van der Waals surface area contributed by atoms with Crippen LogP contribution in [0.15, 0.2) is 42.5 Å². The van der Waals surface area contributed by atoms with Crippen molar-refractivity contribution in [1.29, 1.82) is 0 Å². The van der Waals surface area contributed by atoms with Gasteiger partial charge in [0.15, 0.2) is 0 Å². The summed E-state index contributed by atoms with van der Waals surface area (Å²) in [7, 11) is 1.71. The first-order valence-electron chi connectivity index (χ1n) is 7.34. The number of ether oxygens (including phenoxy) is 1. The average molecular weight is 283 g/mol. The highest BCUT2D eigenvalue weighted by Gasteiger charge is 2.18. The van der Waals surface area contributed by atoms with Gasteiger partial charge >= 0.3 is 0 Å². The van der Waals surface area contributed by atoms with Crippen LogP contribution in [-0.2, 0) is 0 Å². The normalized spacial score (nSPS) is 15.1. The third-order valence-electron chi connectivity index (χ3n) is 3.90. The Morgan fingerprint density at radius 2 is 1.67 bits per heavy atom. The molecule has 4 nitrogen and oxygen atoms in total. The lowest BCUT2D eigenvalue weighted by Gasteiger charge is -2.36. The SMILES string of the molecule is COc1cccc(N2CCN(c3cccc(C)n3)CC2)c1. The summed E-state index contributed by atoms with van der Waals surface area (Å²) in [5.74, 6) is 2.00. The van der Waals surface area contributed by atoms with Gasteiger partial charge in [-0.3, -0.25) is 0 Å². The molecule has 2 aromatic rings. The highest BCUT2D eigenvalue weighted by Crippen LogP contribution is 2.23. The van der Waals surface area contributed by atoms with Crippen molar-refractivity contribution in [3.8, 4) is 5.75 Å². The van der Waals surface area contributed by atoms with Gasteiger partial charge in [0.25, 0.3) is 0 Å². The van der Waals surface area contributed by atoms with Crippen molar-refractivity contribution in [2.75, 3.05) is 43.1 Å². The molecule has 0 spiro atoms. The summed E-state index contributed by atoms with van der Waals surface area (Å²) >= 11 is 0. The molecule has 0 radical (unpaired) electrons. The van der Waals surface area contributed by atoms with Crippen LogP contribution < -0.4 is 14.5 Å². The summed E-state index contributed by atoms with van der Waals surface area (Å²) in [6.07, 6.45) is 0. The van der Waals surface area contributed by atoms with Gasteiger partial charge in [0, 0.05) is 43.6 Å². The zero-order chi connectivity index (χ0) is 14.7. The van der Waals surface area contributed by atoms with Crippen LogP contribution in [0.5, 0.6) is 5.75 Å². The van der Waals surface area contributed by atoms with Crippen molar-refractivity contribution in [3.63, 3.8) is 0 Å². The maximum atomic E-state index is 5.30. The zero-order valence-electron chi connectivity index (χ0n) is 12.6. The summed E-state index contributed by atoms with van der Waals surface area (Å²) in [4.78, 5) is 9.36. The summed E-state index contributed by atoms with van der Waals surface area (Å²) in [5, 5.41) is 0. The van der Waals surface area contributed by atoms with Gasteiger partial charge in [-0.15, -0.1) is 0 Å². The second-order valence-electron chi connectivity index (χ2n) is 5.31. The van der Waals surface area contributed by atoms with Crippen molar-refractivity contribution < 1.29 is 4.74 Å². The van der Waals surface area contributed by atoms with Crippen LogP contribution >= 0.6 is 0 Å². The number of piperazine rings is 1. The van der Waals surface area contributed by atoms with Gasteiger partial charge in [-0.25, -0.2) is 4.98 Å². The minimum atomic E-state index is 0.912. The zero-order valence-corrected chi connectivity index (χ0v) is 12.6. The maximum absolute atomic E-state index is 5.30. The van der Waals surface area contributed by atoms with E-state index < -0.39 is 0 Å². The van der Waals surface area contributed by atoms with Crippen LogP contribution in [0.3, 0.4) is 0 Å². The average Bonchev–Trinajstić information content (AvgIpc) is 2.55. The van der Waals surface area contributed by atoms with E-state index >= 15 is 0 Å². The predicted octanol–water partition coefficient (Wildman–Crippen LogP) is 2.73. The van der Waals surface area contributed by atoms with Crippen molar-refractivity contribution in [3.05, 3.63) is 48.2 Å². The molecule has 4 heteroatoms. The number of pyridine rings is 1. The summed E-state index contributed by atoms with van der Waals surface area (Å²) in [6, 6.07) is 14.5. The Kier molecular flexibility index (Phi) is 3.95. The number of anilines is 2. The minimum Gasteiger partial charge on any atom is -0.497 e. The van der Waals surface area contributed by atoms with Crippen LogP contribution in [0.1, 0.15) is 5.69 Å². The van der Waals surface area contributed by atoms with Crippen LogP contribution in [0.2, 0.25) is 0 Å². The van der Waals surface area contributed by atoms with Crippen molar-refractivity contribution in [2.24, 2.45) is 0 Å². The van der Waals surface area contributed by atoms with E-state index in [-0.39, 0.29) is 0 Å². The van der Waals surface area contributed by atoms with Crippen LogP contribution in [0, 0.1) is 6.92 Å². The molecule has 0 unspecified atom stereocenters. The van der Waals surface area contributed by atoms with Gasteiger partial charge in [-0.05, 0) is 31.2 Å². The maximum Gasteiger partial charge on any atom is 0.128 e. The summed E-state index contributed by atoms with van der Waals surface area (Å²) in [5.41, 5.74) is 2.30. The number of hydrogen-bond acceptors (Lipinski definition) is 4. The van der Waals surface area contributed by atoms with Crippen LogP contribution in [0.25, 0.3) is 0 Å². The topological polar surface area (TPSA) is 28.6 Å². The first-order valence-corrected chi connectivity index (χ1v) is 7.34. The number of rotatable bonds is 3. The van der Waals surface area contributed by atoms with E-state index in [9.17, 15) is 0 Å². The van der Waals surface area contributed by atoms with Gasteiger partial charge < -0.3 is 14.5 Å². The van der Waals surface area contributed by atoms with Crippen molar-refractivity contribution in [1.82, 2.24) is 4.98 Å². The molecule has 110 valence electrons. The Bertz CT molecular complexity index is 606. The molecule has 2 heterocycles. The molecule has 0 N–H and O–H groups in total. The molecular formula is C17H21N3O. The van der Waals surface area contributed by atoms with Gasteiger partial charge in [0.05, 0.1) is 7.11 Å². The van der Waals surface area contributed by atoms with Gasteiger partial charge in [0.1, 0.15) is 11.6 Å². The molecule has 0 saturated carbocycles. The second kappa shape index (κ2) is 6.04. The van der Waals surface area contributed by atoms with E-state index in [4.69, 9.17) is 4.74 Å². The van der Waals surface area contributed by atoms with E-state index in [1.807, 2.05) is 25.1 Å². The van der Waals surface area contributed by atoms with E-state index in [1.165, 1.54) is 5.69 Å². The molecular weight excluding hydrogens is 262 g/mol. The predicted molar refractivity (Wildman–Crippen MR) is 86.4 cm³/mol. The van der Waals surface area contributed by atoms with E-state index in [2.05, 4.69) is 39.0 Å². The summed E-state index contributed by atoms with van der Waals surface area (Å²) in [6.45, 7) is 6.03. The van der Waals surface area contributed by atoms with Crippen LogP contribution in [-0.4, -0.2) is 38.3 Å². The molecule has 0 aliphatic carbocycles. The van der Waals surface area contributed by atoms with E-state index in [1.54, 1.807) is 7.11 Å². The fourth-order valence-electron chi connectivity index (χ4n) is 2.71. The molecule has 21 heavy (non-hydrogen) atoms. The fourth-order valence-corrected chi connectivity index (χ4v) is 2.71. The number of aromatic nitrogens is 1. The molecule has 0 atom stereocenters. The number of aryl methyl sites for hydroxylation is 1. The lowest BCUT2D eigenvalue weighted by atomic mass is 10.2. The minimum absolute atomic E-state index is 0.912. The Balaban J connectivity index is 1.67. The highest BCUT2D eigenvalue weighted by atomic mass is 16.5. The first-order chi connectivity index (χ1) is 10.3. The van der Waals surface area contributed by atoms with E-state index in [0.29, 0.717) is 0 Å². The largest absolute Gasteiger partial charge is 0.497 e. The molecule has 1 aliphatic heterocycles. The quantitative estimate of drug-likeness (QED) is 0.866. The standard InChI is InChI=1S/C17H21N3O/c1-14-5-3-8-17(18-14)20-11-9-19(10-12-20)15-6-4-7-16(13-15)21-2/h3-8,13H,9-12H2,1-2H3. The molecule has 3 rings (SSSR count). The molecule has 1 aliphatic rings. The molecule has 1 aromatic carbocycles. The fraction of sp³-hybridized carbons (Fsp3) is 0.353. The lowest BCUT2D eigenvalue weighted by Crippen LogP contribution is -2.46. The molecule has 1 saturated heterocycles. The Labute approximate surface area is 126 Å². The summed E-state index contributed by atoms with van der Waals surface area (Å²) < 4.78 is 5.30. The van der Waals surface area contributed by atoms with Gasteiger partial charge in [-0.2, -0.15) is 0 Å². The number of hydrogen-bond donors (Lipinski definition) is 0. The molecule has 0 amide bonds.